The van der Waals surface area contributed by atoms with Crippen molar-refractivity contribution in [3.05, 3.63) is 24.0 Å². The molecule has 178 valence electrons. The number of fused-ring (bicyclic) bond motifs is 1. The Hall–Kier alpha value is -2.59. The maximum absolute atomic E-state index is 14.2. The number of carbonyl (C=O) groups is 2. The number of likely N-dealkylation sites (tertiary alicyclic amines) is 1. The summed E-state index contributed by atoms with van der Waals surface area (Å²) in [4.78, 5) is 32.0. The second kappa shape index (κ2) is 8.64. The van der Waals surface area contributed by atoms with Crippen molar-refractivity contribution in [2.24, 2.45) is 5.92 Å². The van der Waals surface area contributed by atoms with E-state index in [1.54, 1.807) is 11.1 Å². The lowest BCUT2D eigenvalue weighted by molar-refractivity contribution is -0.120. The molecule has 0 spiro atoms. The number of carbonyl (C=O) groups excluding carboxylic acids is 2. The molecule has 3 fully saturated rings. The van der Waals surface area contributed by atoms with Gasteiger partial charge in [0, 0.05) is 56.1 Å². The molecule has 5 rings (SSSR count). The lowest BCUT2D eigenvalue weighted by Crippen LogP contribution is -2.51. The molecule has 0 saturated carbocycles. The molecule has 0 aliphatic carbocycles. The maximum atomic E-state index is 14.2. The minimum absolute atomic E-state index is 0.216. The number of anilines is 1. The van der Waals surface area contributed by atoms with Crippen LogP contribution in [-0.4, -0.2) is 71.6 Å². The van der Waals surface area contributed by atoms with Crippen LogP contribution >= 0.6 is 0 Å². The predicted molar refractivity (Wildman–Crippen MR) is 121 cm³/mol. The number of aromatic nitrogens is 2. The first-order chi connectivity index (χ1) is 15.8. The summed E-state index contributed by atoms with van der Waals surface area (Å²) in [6.45, 7) is 4.85. The number of rotatable bonds is 4. The largest absolute Gasteiger partial charge is 0.329 e. The number of amides is 3. The minimum atomic E-state index is -2.64. The van der Waals surface area contributed by atoms with Crippen LogP contribution in [0.4, 0.5) is 19.3 Å². The molecule has 2 N–H and O–H groups in total. The second-order valence-electron chi connectivity index (χ2n) is 9.49. The lowest BCUT2D eigenvalue weighted by Gasteiger charge is -2.38. The number of pyridine rings is 1. The van der Waals surface area contributed by atoms with Crippen molar-refractivity contribution in [2.45, 2.75) is 44.6 Å². The van der Waals surface area contributed by atoms with Crippen molar-refractivity contribution in [3.8, 4) is 0 Å². The number of nitrogens with zero attached hydrogens (tertiary/aromatic N) is 4. The molecular weight excluding hydrogens is 430 g/mol. The zero-order valence-corrected chi connectivity index (χ0v) is 18.8. The number of alkyl halides is 2. The summed E-state index contributed by atoms with van der Waals surface area (Å²) < 4.78 is 30.6. The Morgan fingerprint density at radius 1 is 1.18 bits per heavy atom. The van der Waals surface area contributed by atoms with E-state index in [4.69, 9.17) is 0 Å². The number of hydrogen-bond donors (Lipinski definition) is 2. The molecule has 0 radical (unpaired) electrons. The van der Waals surface area contributed by atoms with Crippen molar-refractivity contribution in [1.29, 1.82) is 0 Å². The van der Waals surface area contributed by atoms with Gasteiger partial charge < -0.3 is 14.8 Å². The molecule has 33 heavy (non-hydrogen) atoms. The van der Waals surface area contributed by atoms with E-state index in [9.17, 15) is 18.4 Å². The Bertz CT molecular complexity index is 1060. The molecule has 2 aromatic heterocycles. The Balaban J connectivity index is 1.28. The predicted octanol–water partition coefficient (Wildman–Crippen LogP) is 2.67. The third-order valence-corrected chi connectivity index (χ3v) is 7.28. The lowest BCUT2D eigenvalue weighted by atomic mass is 9.92. The van der Waals surface area contributed by atoms with Gasteiger partial charge in [-0.05, 0) is 44.4 Å². The van der Waals surface area contributed by atoms with Crippen LogP contribution in [0, 0.1) is 12.8 Å². The number of imide groups is 1. The summed E-state index contributed by atoms with van der Waals surface area (Å²) in [6, 6.07) is 1.80. The number of nitrogens with one attached hydrogen (secondary N) is 2. The number of halogens is 2. The standard InChI is InChI=1S/C23H30F2N6O2/c1-15-12-31(17-3-7-29(8-4-17)13-16-2-6-26-14-23(16,24)25)21-19(15)10-18(11-27-21)30-9-5-20(32)28-22(30)33/h10-12,16-17,26H,2-9,13-14H2,1H3,(H,28,32,33)/t16-/m1/s1. The van der Waals surface area contributed by atoms with Crippen molar-refractivity contribution in [3.63, 3.8) is 0 Å². The molecule has 3 aliphatic heterocycles. The minimum Gasteiger partial charge on any atom is -0.329 e. The van der Waals surface area contributed by atoms with Crippen LogP contribution < -0.4 is 15.5 Å². The third-order valence-electron chi connectivity index (χ3n) is 7.28. The number of hydrogen-bond acceptors (Lipinski definition) is 5. The van der Waals surface area contributed by atoms with E-state index in [0.29, 0.717) is 31.7 Å². The third kappa shape index (κ3) is 4.33. The number of aryl methyl sites for hydroxylation is 1. The van der Waals surface area contributed by atoms with Gasteiger partial charge in [0.25, 0.3) is 5.92 Å². The SMILES string of the molecule is Cc1cn(C2CCN(C[C@H]3CCNCC3(F)F)CC2)c2ncc(N3CCC(=O)NC3=O)cc12. The van der Waals surface area contributed by atoms with E-state index in [0.717, 1.165) is 42.5 Å². The van der Waals surface area contributed by atoms with Gasteiger partial charge in [-0.2, -0.15) is 0 Å². The van der Waals surface area contributed by atoms with Crippen LogP contribution in [0.5, 0.6) is 0 Å². The van der Waals surface area contributed by atoms with Crippen LogP contribution in [0.3, 0.4) is 0 Å². The maximum Gasteiger partial charge on any atom is 0.328 e. The Kier molecular flexibility index (Phi) is 5.82. The molecule has 3 amide bonds. The number of urea groups is 1. The van der Waals surface area contributed by atoms with Gasteiger partial charge >= 0.3 is 6.03 Å². The zero-order valence-electron chi connectivity index (χ0n) is 18.8. The van der Waals surface area contributed by atoms with E-state index >= 15 is 0 Å². The van der Waals surface area contributed by atoms with Gasteiger partial charge in [-0.25, -0.2) is 18.6 Å². The fourth-order valence-electron chi connectivity index (χ4n) is 5.32. The van der Waals surface area contributed by atoms with Crippen molar-refractivity contribution in [1.82, 2.24) is 25.1 Å². The monoisotopic (exact) mass is 460 g/mol. The molecule has 0 bridgehead atoms. The van der Waals surface area contributed by atoms with Crippen LogP contribution in [0.15, 0.2) is 18.5 Å². The molecule has 10 heteroatoms. The highest BCUT2D eigenvalue weighted by Gasteiger charge is 2.42. The number of piperidine rings is 2. The van der Waals surface area contributed by atoms with E-state index in [1.165, 1.54) is 0 Å². The van der Waals surface area contributed by atoms with Crippen LogP contribution in [-0.2, 0) is 4.79 Å². The van der Waals surface area contributed by atoms with E-state index in [2.05, 4.69) is 31.3 Å². The van der Waals surface area contributed by atoms with E-state index < -0.39 is 17.9 Å². The highest BCUT2D eigenvalue weighted by molar-refractivity contribution is 6.06. The van der Waals surface area contributed by atoms with Crippen LogP contribution in [0.2, 0.25) is 0 Å². The highest BCUT2D eigenvalue weighted by Crippen LogP contribution is 2.34. The Labute approximate surface area is 191 Å². The summed E-state index contributed by atoms with van der Waals surface area (Å²) in [6.07, 6.45) is 6.35. The topological polar surface area (TPSA) is 82.5 Å². The van der Waals surface area contributed by atoms with Crippen molar-refractivity contribution >= 4 is 28.7 Å². The molecule has 0 aromatic carbocycles. The Morgan fingerprint density at radius 2 is 1.97 bits per heavy atom. The van der Waals surface area contributed by atoms with E-state index in [-0.39, 0.29) is 24.9 Å². The summed E-state index contributed by atoms with van der Waals surface area (Å²) in [5.41, 5.74) is 2.61. The molecular formula is C23H30F2N6O2. The summed E-state index contributed by atoms with van der Waals surface area (Å²) >= 11 is 0. The first-order valence-electron chi connectivity index (χ1n) is 11.7. The fraction of sp³-hybridized carbons (Fsp3) is 0.609. The Morgan fingerprint density at radius 3 is 2.70 bits per heavy atom. The fourth-order valence-corrected chi connectivity index (χ4v) is 5.32. The normalized spacial score (nSPS) is 24.9. The summed E-state index contributed by atoms with van der Waals surface area (Å²) in [5.74, 6) is -3.47. The second-order valence-corrected chi connectivity index (χ2v) is 9.49. The van der Waals surface area contributed by atoms with Gasteiger partial charge in [-0.1, -0.05) is 0 Å². The van der Waals surface area contributed by atoms with E-state index in [1.807, 2.05) is 13.0 Å². The average molecular weight is 461 g/mol. The van der Waals surface area contributed by atoms with Gasteiger partial charge in [0.15, 0.2) is 0 Å². The van der Waals surface area contributed by atoms with Gasteiger partial charge in [0.05, 0.1) is 18.4 Å². The summed E-state index contributed by atoms with van der Waals surface area (Å²) in [7, 11) is 0. The van der Waals surface area contributed by atoms with Crippen molar-refractivity contribution < 1.29 is 18.4 Å². The molecule has 5 heterocycles. The first kappa shape index (κ1) is 22.2. The van der Waals surface area contributed by atoms with Crippen molar-refractivity contribution in [2.75, 3.05) is 44.2 Å². The quantitative estimate of drug-likeness (QED) is 0.733. The highest BCUT2D eigenvalue weighted by atomic mass is 19.3. The molecule has 2 aromatic rings. The van der Waals surface area contributed by atoms with Gasteiger partial charge in [0.2, 0.25) is 5.91 Å². The van der Waals surface area contributed by atoms with Crippen LogP contribution in [0.25, 0.3) is 11.0 Å². The summed E-state index contributed by atoms with van der Waals surface area (Å²) in [5, 5.41) is 6.13. The zero-order chi connectivity index (χ0) is 23.2. The smallest absolute Gasteiger partial charge is 0.328 e. The van der Waals surface area contributed by atoms with Crippen LogP contribution in [0.1, 0.15) is 37.3 Å². The molecule has 0 unspecified atom stereocenters. The molecule has 8 nitrogen and oxygen atoms in total. The van der Waals surface area contributed by atoms with Gasteiger partial charge in [-0.3, -0.25) is 15.0 Å². The van der Waals surface area contributed by atoms with Gasteiger partial charge in [0.1, 0.15) is 5.65 Å². The first-order valence-corrected chi connectivity index (χ1v) is 11.7. The molecule has 1 atom stereocenters. The average Bonchev–Trinajstić information content (AvgIpc) is 3.11. The molecule has 3 saturated heterocycles. The van der Waals surface area contributed by atoms with Gasteiger partial charge in [-0.15, -0.1) is 0 Å². The molecule has 3 aliphatic rings.